The first-order chi connectivity index (χ1) is 11.2. The van der Waals surface area contributed by atoms with E-state index in [1.54, 1.807) is 0 Å². The Morgan fingerprint density at radius 1 is 0.957 bits per heavy atom. The molecule has 0 spiro atoms. The van der Waals surface area contributed by atoms with Crippen molar-refractivity contribution in [2.45, 2.75) is 45.4 Å². The van der Waals surface area contributed by atoms with Crippen molar-refractivity contribution in [3.8, 4) is 0 Å². The second kappa shape index (κ2) is 11.5. The van der Waals surface area contributed by atoms with Gasteiger partial charge in [0.25, 0.3) is 0 Å². The second-order valence-electron chi connectivity index (χ2n) is 5.60. The molecule has 2 nitrogen and oxygen atoms in total. The molecular formula is C21H28O2. The van der Waals surface area contributed by atoms with Gasteiger partial charge in [0.05, 0.1) is 0 Å². The number of carboxylic acid groups (broad SMARTS) is 1. The zero-order chi connectivity index (χ0) is 16.8. The van der Waals surface area contributed by atoms with Crippen molar-refractivity contribution in [1.29, 1.82) is 0 Å². The molecule has 0 fully saturated rings. The zero-order valence-electron chi connectivity index (χ0n) is 14.0. The highest BCUT2D eigenvalue weighted by atomic mass is 16.4. The highest BCUT2D eigenvalue weighted by molar-refractivity contribution is 5.66. The standard InChI is InChI=1S/C21H28O2/c1-2-3-16-21(19-14-11-15-20(22)23)17-12-9-7-5-4-6-8-10-13-18-21/h3,5-8,12-14,16-19H,2,4,9-11,15H2,1H3,(H,22,23)/b7-5-,8-6-,16-3-,17-12-,18-13-,19-14-. The van der Waals surface area contributed by atoms with E-state index in [2.05, 4.69) is 73.8 Å². The molecule has 0 atom stereocenters. The lowest BCUT2D eigenvalue weighted by Crippen LogP contribution is -2.08. The van der Waals surface area contributed by atoms with Crippen molar-refractivity contribution in [3.05, 3.63) is 72.9 Å². The Hall–Kier alpha value is -2.09. The first kappa shape index (κ1) is 19.0. The van der Waals surface area contributed by atoms with E-state index in [1.165, 1.54) is 0 Å². The van der Waals surface area contributed by atoms with E-state index in [1.807, 2.05) is 6.08 Å². The normalized spacial score (nSPS) is 23.9. The van der Waals surface area contributed by atoms with Gasteiger partial charge in [0.2, 0.25) is 0 Å². The SMILES string of the molecule is CC/C=C\C1(/C=C\CCC(=O)O)/C=C\C/C=C\C/C=C\C/C=C\1. The summed E-state index contributed by atoms with van der Waals surface area (Å²) < 4.78 is 0. The number of hydrogen-bond acceptors (Lipinski definition) is 1. The maximum absolute atomic E-state index is 10.7. The van der Waals surface area contributed by atoms with E-state index in [-0.39, 0.29) is 11.8 Å². The van der Waals surface area contributed by atoms with Crippen molar-refractivity contribution in [1.82, 2.24) is 0 Å². The average Bonchev–Trinajstić information content (AvgIpc) is 2.52. The molecule has 1 aliphatic rings. The van der Waals surface area contributed by atoms with Crippen LogP contribution in [0.5, 0.6) is 0 Å². The van der Waals surface area contributed by atoms with Crippen LogP contribution in [0.25, 0.3) is 0 Å². The van der Waals surface area contributed by atoms with Crippen LogP contribution < -0.4 is 0 Å². The van der Waals surface area contributed by atoms with Crippen LogP contribution in [0.1, 0.15) is 45.4 Å². The Balaban J connectivity index is 2.99. The molecule has 0 aromatic carbocycles. The fraction of sp³-hybridized carbons (Fsp3) is 0.381. The molecule has 0 saturated carbocycles. The highest BCUT2D eigenvalue weighted by Crippen LogP contribution is 2.27. The van der Waals surface area contributed by atoms with Gasteiger partial charge in [-0.25, -0.2) is 0 Å². The van der Waals surface area contributed by atoms with Gasteiger partial charge in [0, 0.05) is 11.8 Å². The van der Waals surface area contributed by atoms with Gasteiger partial charge in [-0.3, -0.25) is 4.79 Å². The van der Waals surface area contributed by atoms with Crippen LogP contribution >= 0.6 is 0 Å². The van der Waals surface area contributed by atoms with Gasteiger partial charge in [-0.1, -0.05) is 79.8 Å². The summed E-state index contributed by atoms with van der Waals surface area (Å²) in [5.41, 5.74) is -0.268. The summed E-state index contributed by atoms with van der Waals surface area (Å²) in [4.78, 5) is 10.7. The molecule has 0 aliphatic heterocycles. The summed E-state index contributed by atoms with van der Waals surface area (Å²) in [5, 5.41) is 8.77. The monoisotopic (exact) mass is 312 g/mol. The number of carbonyl (C=O) groups is 1. The number of rotatable bonds is 6. The third kappa shape index (κ3) is 8.82. The first-order valence-corrected chi connectivity index (χ1v) is 8.41. The summed E-state index contributed by atoms with van der Waals surface area (Å²) in [6.07, 6.45) is 30.4. The second-order valence-corrected chi connectivity index (χ2v) is 5.60. The minimum absolute atomic E-state index is 0.170. The van der Waals surface area contributed by atoms with Crippen molar-refractivity contribution in [2.75, 3.05) is 0 Å². The molecule has 124 valence electrons. The van der Waals surface area contributed by atoms with Crippen LogP contribution in [0.2, 0.25) is 0 Å². The molecule has 1 aliphatic carbocycles. The van der Waals surface area contributed by atoms with Crippen LogP contribution in [-0.2, 0) is 4.79 Å². The lowest BCUT2D eigenvalue weighted by molar-refractivity contribution is -0.136. The summed E-state index contributed by atoms with van der Waals surface area (Å²) in [5.74, 6) is -0.757. The van der Waals surface area contributed by atoms with Crippen LogP contribution in [0.15, 0.2) is 72.9 Å². The van der Waals surface area contributed by atoms with Crippen LogP contribution in [0, 0.1) is 5.41 Å². The molecule has 0 aromatic heterocycles. The largest absolute Gasteiger partial charge is 0.481 e. The Morgan fingerprint density at radius 3 is 2.00 bits per heavy atom. The molecule has 0 aromatic rings. The van der Waals surface area contributed by atoms with E-state index in [4.69, 9.17) is 5.11 Å². The summed E-state index contributed by atoms with van der Waals surface area (Å²) in [6, 6.07) is 0. The Kier molecular flexibility index (Phi) is 9.46. The number of hydrogen-bond donors (Lipinski definition) is 1. The minimum atomic E-state index is -0.757. The predicted molar refractivity (Wildman–Crippen MR) is 98.3 cm³/mol. The molecule has 1 N–H and O–H groups in total. The van der Waals surface area contributed by atoms with E-state index >= 15 is 0 Å². The maximum atomic E-state index is 10.7. The predicted octanol–water partition coefficient (Wildman–Crippen LogP) is 5.77. The van der Waals surface area contributed by atoms with Crippen LogP contribution in [0.4, 0.5) is 0 Å². The van der Waals surface area contributed by atoms with Gasteiger partial charge in [-0.15, -0.1) is 0 Å². The quantitative estimate of drug-likeness (QED) is 0.632. The van der Waals surface area contributed by atoms with Gasteiger partial charge in [-0.2, -0.15) is 0 Å². The molecule has 1 rings (SSSR count). The van der Waals surface area contributed by atoms with E-state index < -0.39 is 5.97 Å². The molecule has 0 heterocycles. The zero-order valence-corrected chi connectivity index (χ0v) is 14.0. The Bertz CT molecular complexity index is 492. The van der Waals surface area contributed by atoms with Gasteiger partial charge < -0.3 is 5.11 Å². The van der Waals surface area contributed by atoms with Crippen LogP contribution in [-0.4, -0.2) is 11.1 Å². The molecule has 2 heteroatoms. The molecule has 23 heavy (non-hydrogen) atoms. The molecule has 0 amide bonds. The van der Waals surface area contributed by atoms with Crippen molar-refractivity contribution < 1.29 is 9.90 Å². The van der Waals surface area contributed by atoms with Crippen molar-refractivity contribution in [2.24, 2.45) is 5.41 Å². The fourth-order valence-electron chi connectivity index (χ4n) is 2.31. The summed E-state index contributed by atoms with van der Waals surface area (Å²) in [6.45, 7) is 2.12. The lowest BCUT2D eigenvalue weighted by atomic mass is 9.84. The van der Waals surface area contributed by atoms with Crippen molar-refractivity contribution >= 4 is 5.97 Å². The van der Waals surface area contributed by atoms with Gasteiger partial charge in [0.1, 0.15) is 0 Å². The van der Waals surface area contributed by atoms with Gasteiger partial charge in [-0.05, 0) is 32.1 Å². The summed E-state index contributed by atoms with van der Waals surface area (Å²) in [7, 11) is 0. The average molecular weight is 312 g/mol. The third-order valence-corrected chi connectivity index (χ3v) is 3.54. The molecule has 0 bridgehead atoms. The number of aliphatic carboxylic acids is 1. The molecule has 0 unspecified atom stereocenters. The smallest absolute Gasteiger partial charge is 0.303 e. The first-order valence-electron chi connectivity index (χ1n) is 8.41. The topological polar surface area (TPSA) is 37.3 Å². The third-order valence-electron chi connectivity index (χ3n) is 3.54. The highest BCUT2D eigenvalue weighted by Gasteiger charge is 2.15. The molecule has 0 saturated heterocycles. The Morgan fingerprint density at radius 2 is 1.48 bits per heavy atom. The minimum Gasteiger partial charge on any atom is -0.481 e. The van der Waals surface area contributed by atoms with Crippen molar-refractivity contribution in [3.63, 3.8) is 0 Å². The number of allylic oxidation sites excluding steroid dienone is 12. The lowest BCUT2D eigenvalue weighted by Gasteiger charge is -2.19. The maximum Gasteiger partial charge on any atom is 0.303 e. The van der Waals surface area contributed by atoms with Gasteiger partial charge >= 0.3 is 5.97 Å². The summed E-state index contributed by atoms with van der Waals surface area (Å²) >= 11 is 0. The number of carboxylic acids is 1. The van der Waals surface area contributed by atoms with Crippen LogP contribution in [0.3, 0.4) is 0 Å². The van der Waals surface area contributed by atoms with Gasteiger partial charge in [0.15, 0.2) is 0 Å². The fourth-order valence-corrected chi connectivity index (χ4v) is 2.31. The van der Waals surface area contributed by atoms with E-state index in [0.29, 0.717) is 6.42 Å². The molecular weight excluding hydrogens is 284 g/mol. The molecule has 0 radical (unpaired) electrons. The Labute approximate surface area is 140 Å². The van der Waals surface area contributed by atoms with E-state index in [9.17, 15) is 4.79 Å². The van der Waals surface area contributed by atoms with E-state index in [0.717, 1.165) is 25.7 Å².